The van der Waals surface area contributed by atoms with Crippen LogP contribution < -0.4 is 5.32 Å². The zero-order valence-electron chi connectivity index (χ0n) is 13.2. The molecule has 1 aromatic carbocycles. The van der Waals surface area contributed by atoms with E-state index in [1.807, 2.05) is 27.1 Å². The fourth-order valence-corrected chi connectivity index (χ4v) is 2.17. The van der Waals surface area contributed by atoms with Crippen LogP contribution in [0.4, 0.5) is 4.79 Å². The number of phenols is 1. The van der Waals surface area contributed by atoms with E-state index in [0.717, 1.165) is 18.5 Å². The smallest absolute Gasteiger partial charge is 0.342 e. The van der Waals surface area contributed by atoms with Crippen LogP contribution >= 0.6 is 0 Å². The molecule has 6 nitrogen and oxygen atoms in total. The predicted octanol–water partition coefficient (Wildman–Crippen LogP) is 1.94. The molecule has 1 amide bonds. The topological polar surface area (TPSA) is 70.4 Å². The van der Waals surface area contributed by atoms with Gasteiger partial charge in [-0.25, -0.2) is 4.79 Å². The number of nitrogens with zero attached hydrogens (tertiary/aromatic N) is 3. The first-order valence-electron chi connectivity index (χ1n) is 7.32. The third-order valence-corrected chi connectivity index (χ3v) is 3.31. The van der Waals surface area contributed by atoms with Gasteiger partial charge >= 0.3 is 6.03 Å². The van der Waals surface area contributed by atoms with Crippen LogP contribution in [0.25, 0.3) is 11.3 Å². The molecule has 0 fully saturated rings. The van der Waals surface area contributed by atoms with E-state index in [0.29, 0.717) is 17.8 Å². The highest BCUT2D eigenvalue weighted by atomic mass is 16.3. The number of para-hydroxylation sites is 1. The van der Waals surface area contributed by atoms with Crippen molar-refractivity contribution in [1.82, 2.24) is 20.0 Å². The normalized spacial score (nSPS) is 10.9. The zero-order valence-corrected chi connectivity index (χ0v) is 13.2. The summed E-state index contributed by atoms with van der Waals surface area (Å²) >= 11 is 0. The summed E-state index contributed by atoms with van der Waals surface area (Å²) < 4.78 is 1.30. The highest BCUT2D eigenvalue weighted by Crippen LogP contribution is 2.30. The van der Waals surface area contributed by atoms with Crippen LogP contribution in [0.5, 0.6) is 5.75 Å². The minimum atomic E-state index is -0.268. The number of aromatic hydroxyl groups is 1. The monoisotopic (exact) mass is 302 g/mol. The van der Waals surface area contributed by atoms with Crippen molar-refractivity contribution in [2.75, 3.05) is 27.2 Å². The number of nitrogens with one attached hydrogen (secondary N) is 1. The van der Waals surface area contributed by atoms with Crippen molar-refractivity contribution >= 4 is 6.03 Å². The molecule has 0 aliphatic carbocycles. The standard InChI is InChI=1S/C16H22N4O2/c1-4-17-16(22)20-11-12(9-10-19(2)3)15(18-20)13-7-5-6-8-14(13)21/h5-8,11,21H,4,9-10H2,1-3H3,(H,17,22). The number of hydrogen-bond donors (Lipinski definition) is 2. The maximum absolute atomic E-state index is 12.0. The molecule has 118 valence electrons. The lowest BCUT2D eigenvalue weighted by Gasteiger charge is -2.09. The van der Waals surface area contributed by atoms with Gasteiger partial charge in [-0.05, 0) is 39.6 Å². The molecule has 2 aromatic rings. The number of phenolic OH excluding ortho intramolecular Hbond substituents is 1. The largest absolute Gasteiger partial charge is 0.507 e. The second-order valence-electron chi connectivity index (χ2n) is 5.35. The Kier molecular flexibility index (Phi) is 5.16. The van der Waals surface area contributed by atoms with Gasteiger partial charge in [-0.15, -0.1) is 0 Å². The molecule has 1 aromatic heterocycles. The lowest BCUT2D eigenvalue weighted by Crippen LogP contribution is -2.28. The van der Waals surface area contributed by atoms with Gasteiger partial charge in [-0.1, -0.05) is 12.1 Å². The Bertz CT molecular complexity index is 649. The van der Waals surface area contributed by atoms with Crippen molar-refractivity contribution in [3.05, 3.63) is 36.0 Å². The second kappa shape index (κ2) is 7.09. The molecule has 1 heterocycles. The van der Waals surface area contributed by atoms with Gasteiger partial charge in [0, 0.05) is 30.4 Å². The van der Waals surface area contributed by atoms with Gasteiger partial charge in [0.2, 0.25) is 0 Å². The van der Waals surface area contributed by atoms with E-state index in [1.54, 1.807) is 24.4 Å². The van der Waals surface area contributed by atoms with Crippen LogP contribution in [0.15, 0.2) is 30.5 Å². The van der Waals surface area contributed by atoms with E-state index in [-0.39, 0.29) is 11.8 Å². The number of rotatable bonds is 5. The summed E-state index contributed by atoms with van der Waals surface area (Å²) in [5.41, 5.74) is 2.21. The van der Waals surface area contributed by atoms with E-state index in [9.17, 15) is 9.90 Å². The minimum Gasteiger partial charge on any atom is -0.507 e. The molecule has 0 saturated heterocycles. The van der Waals surface area contributed by atoms with Gasteiger partial charge in [0.25, 0.3) is 0 Å². The van der Waals surface area contributed by atoms with Crippen molar-refractivity contribution < 1.29 is 9.90 Å². The lowest BCUT2D eigenvalue weighted by molar-refractivity contribution is 0.240. The molecule has 0 saturated carbocycles. The zero-order chi connectivity index (χ0) is 16.1. The Labute approximate surface area is 130 Å². The summed E-state index contributed by atoms with van der Waals surface area (Å²) in [6.07, 6.45) is 2.48. The molecule has 0 atom stereocenters. The second-order valence-corrected chi connectivity index (χ2v) is 5.35. The van der Waals surface area contributed by atoms with E-state index >= 15 is 0 Å². The molecule has 22 heavy (non-hydrogen) atoms. The maximum atomic E-state index is 12.0. The van der Waals surface area contributed by atoms with Crippen molar-refractivity contribution in [1.29, 1.82) is 0 Å². The molecule has 0 spiro atoms. The van der Waals surface area contributed by atoms with Crippen LogP contribution in [0.1, 0.15) is 12.5 Å². The summed E-state index contributed by atoms with van der Waals surface area (Å²) in [7, 11) is 3.99. The molecule has 0 unspecified atom stereocenters. The minimum absolute atomic E-state index is 0.162. The third-order valence-electron chi connectivity index (χ3n) is 3.31. The first kappa shape index (κ1) is 16.0. The van der Waals surface area contributed by atoms with Gasteiger partial charge in [0.1, 0.15) is 5.75 Å². The van der Waals surface area contributed by atoms with E-state index in [1.165, 1.54) is 4.68 Å². The van der Waals surface area contributed by atoms with Gasteiger partial charge < -0.3 is 15.3 Å². The summed E-state index contributed by atoms with van der Waals surface area (Å²) in [4.78, 5) is 14.0. The molecule has 2 rings (SSSR count). The van der Waals surface area contributed by atoms with Gasteiger partial charge in [0.05, 0.1) is 5.69 Å². The van der Waals surface area contributed by atoms with Crippen LogP contribution in [-0.4, -0.2) is 53.0 Å². The lowest BCUT2D eigenvalue weighted by atomic mass is 10.1. The highest BCUT2D eigenvalue weighted by molar-refractivity contribution is 5.78. The molecule has 2 N–H and O–H groups in total. The number of hydrogen-bond acceptors (Lipinski definition) is 4. The van der Waals surface area contributed by atoms with Crippen molar-refractivity contribution in [3.63, 3.8) is 0 Å². The number of carbonyl (C=O) groups is 1. The first-order valence-corrected chi connectivity index (χ1v) is 7.32. The van der Waals surface area contributed by atoms with E-state index in [4.69, 9.17) is 0 Å². The Morgan fingerprint density at radius 3 is 2.73 bits per heavy atom. The maximum Gasteiger partial charge on any atom is 0.342 e. The summed E-state index contributed by atoms with van der Waals surface area (Å²) in [6.45, 7) is 3.23. The van der Waals surface area contributed by atoms with Crippen LogP contribution in [0.3, 0.4) is 0 Å². The average molecular weight is 302 g/mol. The molecule has 6 heteroatoms. The summed E-state index contributed by atoms with van der Waals surface area (Å²) in [6, 6.07) is 6.76. The summed E-state index contributed by atoms with van der Waals surface area (Å²) in [5, 5.41) is 17.1. The molecule has 0 aliphatic rings. The molecular weight excluding hydrogens is 280 g/mol. The van der Waals surface area contributed by atoms with Crippen molar-refractivity contribution in [3.8, 4) is 17.0 Å². The highest BCUT2D eigenvalue weighted by Gasteiger charge is 2.17. The van der Waals surface area contributed by atoms with Crippen molar-refractivity contribution in [2.24, 2.45) is 0 Å². The quantitative estimate of drug-likeness (QED) is 0.885. The van der Waals surface area contributed by atoms with Gasteiger partial charge in [0.15, 0.2) is 0 Å². The first-order chi connectivity index (χ1) is 10.5. The fraction of sp³-hybridized carbons (Fsp3) is 0.375. The molecular formula is C16H22N4O2. The number of amides is 1. The number of aromatic nitrogens is 2. The predicted molar refractivity (Wildman–Crippen MR) is 86.1 cm³/mol. The summed E-state index contributed by atoms with van der Waals surface area (Å²) in [5.74, 6) is 0.162. The van der Waals surface area contributed by atoms with E-state index in [2.05, 4.69) is 15.3 Å². The fourth-order valence-electron chi connectivity index (χ4n) is 2.17. The molecule has 0 aliphatic heterocycles. The Hall–Kier alpha value is -2.34. The molecule has 0 radical (unpaired) electrons. The van der Waals surface area contributed by atoms with E-state index < -0.39 is 0 Å². The molecule has 0 bridgehead atoms. The van der Waals surface area contributed by atoms with Crippen LogP contribution in [-0.2, 0) is 6.42 Å². The van der Waals surface area contributed by atoms with Crippen molar-refractivity contribution in [2.45, 2.75) is 13.3 Å². The van der Waals surface area contributed by atoms with Gasteiger partial charge in [-0.3, -0.25) is 0 Å². The number of benzene rings is 1. The Balaban J connectivity index is 2.41. The Morgan fingerprint density at radius 1 is 1.36 bits per heavy atom. The van der Waals surface area contributed by atoms with Crippen LogP contribution in [0, 0.1) is 0 Å². The van der Waals surface area contributed by atoms with Gasteiger partial charge in [-0.2, -0.15) is 9.78 Å². The SMILES string of the molecule is CCNC(=O)n1cc(CCN(C)C)c(-c2ccccc2O)n1. The number of likely N-dealkylation sites (N-methyl/N-ethyl adjacent to an activating group) is 1. The van der Waals surface area contributed by atoms with Crippen LogP contribution in [0.2, 0.25) is 0 Å². The third kappa shape index (κ3) is 3.65. The Morgan fingerprint density at radius 2 is 2.09 bits per heavy atom. The number of carbonyl (C=O) groups excluding carboxylic acids is 1. The average Bonchev–Trinajstić information content (AvgIpc) is 2.90.